The molecule has 0 radical (unpaired) electrons. The summed E-state index contributed by atoms with van der Waals surface area (Å²) in [4.78, 5) is 0. The number of hydrogen-bond donors (Lipinski definition) is 0. The molecule has 1 heteroatoms. The molecule has 1 nitrogen and oxygen atoms in total. The Labute approximate surface area is 140 Å². The third kappa shape index (κ3) is 2.02. The zero-order valence-electron chi connectivity index (χ0n) is 13.2. The van der Waals surface area contributed by atoms with Gasteiger partial charge in [0.2, 0.25) is 0 Å². The summed E-state index contributed by atoms with van der Waals surface area (Å²) in [5, 5.41) is 4.95. The molecule has 0 aliphatic carbocycles. The van der Waals surface area contributed by atoms with Gasteiger partial charge in [-0.15, -0.1) is 0 Å². The van der Waals surface area contributed by atoms with Gasteiger partial charge in [0.15, 0.2) is 0 Å². The van der Waals surface area contributed by atoms with Crippen molar-refractivity contribution < 1.29 is 4.42 Å². The van der Waals surface area contributed by atoms with E-state index in [-0.39, 0.29) is 0 Å². The number of para-hydroxylation sites is 1. The van der Waals surface area contributed by atoms with E-state index in [4.69, 9.17) is 4.42 Å². The fourth-order valence-corrected chi connectivity index (χ4v) is 3.59. The lowest BCUT2D eigenvalue weighted by molar-refractivity contribution is 0.664. The molecule has 0 fully saturated rings. The first kappa shape index (κ1) is 13.4. The Morgan fingerprint density at radius 3 is 2.25 bits per heavy atom. The van der Waals surface area contributed by atoms with Crippen molar-refractivity contribution in [2.75, 3.05) is 0 Å². The molecule has 5 aromatic rings. The van der Waals surface area contributed by atoms with Crippen LogP contribution in [-0.2, 0) is 6.42 Å². The topological polar surface area (TPSA) is 13.1 Å². The van der Waals surface area contributed by atoms with E-state index in [9.17, 15) is 0 Å². The molecule has 24 heavy (non-hydrogen) atoms. The third-order valence-electron chi connectivity index (χ3n) is 4.68. The molecule has 0 atom stereocenters. The van der Waals surface area contributed by atoms with Crippen LogP contribution in [0.5, 0.6) is 0 Å². The van der Waals surface area contributed by atoms with Crippen molar-refractivity contribution in [2.45, 2.75) is 6.42 Å². The van der Waals surface area contributed by atoms with Crippen LogP contribution >= 0.6 is 0 Å². The number of fused-ring (bicyclic) bond motifs is 5. The monoisotopic (exact) mass is 308 g/mol. The summed E-state index contributed by atoms with van der Waals surface area (Å²) in [5.41, 5.74) is 4.51. The largest absolute Gasteiger partial charge is 0.456 e. The Morgan fingerprint density at radius 2 is 1.38 bits per heavy atom. The molecule has 0 aliphatic rings. The van der Waals surface area contributed by atoms with E-state index >= 15 is 0 Å². The Balaban J connectivity index is 1.88. The van der Waals surface area contributed by atoms with Gasteiger partial charge >= 0.3 is 0 Å². The highest BCUT2D eigenvalue weighted by atomic mass is 16.3. The minimum absolute atomic E-state index is 0.877. The van der Waals surface area contributed by atoms with E-state index in [1.54, 1.807) is 0 Å². The lowest BCUT2D eigenvalue weighted by Gasteiger charge is -2.07. The summed E-state index contributed by atoms with van der Waals surface area (Å²) in [5.74, 6) is 0. The minimum atomic E-state index is 0.877. The van der Waals surface area contributed by atoms with Crippen LogP contribution in [0.25, 0.3) is 32.7 Å². The maximum atomic E-state index is 6.26. The van der Waals surface area contributed by atoms with Gasteiger partial charge in [0.25, 0.3) is 0 Å². The van der Waals surface area contributed by atoms with Crippen molar-refractivity contribution in [1.82, 2.24) is 0 Å². The SMILES string of the molecule is c1ccc(Cc2cc3ccccc3c3c2oc2ccccc23)cc1. The highest BCUT2D eigenvalue weighted by Gasteiger charge is 2.14. The average molecular weight is 308 g/mol. The van der Waals surface area contributed by atoms with Gasteiger partial charge in [-0.25, -0.2) is 0 Å². The fraction of sp³-hybridized carbons (Fsp3) is 0.0435. The van der Waals surface area contributed by atoms with E-state index in [2.05, 4.69) is 78.9 Å². The Kier molecular flexibility index (Phi) is 2.92. The van der Waals surface area contributed by atoms with E-state index in [1.165, 1.54) is 32.7 Å². The molecular weight excluding hydrogens is 292 g/mol. The molecule has 0 amide bonds. The zero-order chi connectivity index (χ0) is 15.9. The standard InChI is InChI=1S/C23H16O/c1-2-8-16(9-3-1)14-18-15-17-10-4-5-11-19(17)22-20-12-6-7-13-21(20)24-23(18)22/h1-13,15H,14H2. The summed E-state index contributed by atoms with van der Waals surface area (Å²) in [6.45, 7) is 0. The molecule has 5 rings (SSSR count). The van der Waals surface area contributed by atoms with Crippen molar-refractivity contribution in [2.24, 2.45) is 0 Å². The van der Waals surface area contributed by atoms with Crippen molar-refractivity contribution in [3.8, 4) is 0 Å². The molecule has 0 N–H and O–H groups in total. The molecule has 0 bridgehead atoms. The van der Waals surface area contributed by atoms with Crippen LogP contribution in [0, 0.1) is 0 Å². The summed E-state index contributed by atoms with van der Waals surface area (Å²) in [6, 6.07) is 29.7. The first-order valence-corrected chi connectivity index (χ1v) is 8.26. The number of benzene rings is 4. The maximum Gasteiger partial charge on any atom is 0.139 e. The average Bonchev–Trinajstić information content (AvgIpc) is 3.03. The quantitative estimate of drug-likeness (QED) is 0.371. The smallest absolute Gasteiger partial charge is 0.139 e. The number of rotatable bonds is 2. The van der Waals surface area contributed by atoms with Crippen molar-refractivity contribution in [3.63, 3.8) is 0 Å². The van der Waals surface area contributed by atoms with Gasteiger partial charge in [0.1, 0.15) is 11.2 Å². The van der Waals surface area contributed by atoms with Gasteiger partial charge in [0, 0.05) is 22.8 Å². The second-order valence-electron chi connectivity index (χ2n) is 6.22. The molecule has 0 spiro atoms. The number of furan rings is 1. The highest BCUT2D eigenvalue weighted by molar-refractivity contribution is 6.19. The normalized spacial score (nSPS) is 11.5. The maximum absolute atomic E-state index is 6.26. The fourth-order valence-electron chi connectivity index (χ4n) is 3.59. The van der Waals surface area contributed by atoms with Crippen LogP contribution in [0.4, 0.5) is 0 Å². The van der Waals surface area contributed by atoms with Crippen LogP contribution in [0.2, 0.25) is 0 Å². The van der Waals surface area contributed by atoms with Crippen LogP contribution < -0.4 is 0 Å². The predicted molar refractivity (Wildman–Crippen MR) is 100 cm³/mol. The molecular formula is C23H16O. The summed E-state index contributed by atoms with van der Waals surface area (Å²) < 4.78 is 6.26. The second kappa shape index (κ2) is 5.24. The van der Waals surface area contributed by atoms with Crippen molar-refractivity contribution in [1.29, 1.82) is 0 Å². The summed E-state index contributed by atoms with van der Waals surface area (Å²) in [6.07, 6.45) is 0.877. The minimum Gasteiger partial charge on any atom is -0.456 e. The molecule has 0 unspecified atom stereocenters. The Morgan fingerprint density at radius 1 is 0.667 bits per heavy atom. The predicted octanol–water partition coefficient (Wildman–Crippen LogP) is 6.33. The molecule has 1 heterocycles. The van der Waals surface area contributed by atoms with Crippen molar-refractivity contribution in [3.05, 3.63) is 96.1 Å². The molecule has 114 valence electrons. The summed E-state index contributed by atoms with van der Waals surface area (Å²) >= 11 is 0. The van der Waals surface area contributed by atoms with Gasteiger partial charge in [0.05, 0.1) is 0 Å². The zero-order valence-corrected chi connectivity index (χ0v) is 13.2. The van der Waals surface area contributed by atoms with Crippen LogP contribution in [0.1, 0.15) is 11.1 Å². The van der Waals surface area contributed by atoms with Gasteiger partial charge in [-0.2, -0.15) is 0 Å². The molecule has 4 aromatic carbocycles. The summed E-state index contributed by atoms with van der Waals surface area (Å²) in [7, 11) is 0. The third-order valence-corrected chi connectivity index (χ3v) is 4.68. The Hall–Kier alpha value is -3.06. The molecule has 0 aliphatic heterocycles. The van der Waals surface area contributed by atoms with Gasteiger partial charge in [-0.05, 0) is 28.5 Å². The van der Waals surface area contributed by atoms with Crippen LogP contribution in [0.15, 0.2) is 89.3 Å². The first-order chi connectivity index (χ1) is 11.9. The highest BCUT2D eigenvalue weighted by Crippen LogP contribution is 2.37. The van der Waals surface area contributed by atoms with Gasteiger partial charge in [-0.1, -0.05) is 72.8 Å². The van der Waals surface area contributed by atoms with Gasteiger partial charge in [-0.3, -0.25) is 0 Å². The van der Waals surface area contributed by atoms with Crippen LogP contribution in [-0.4, -0.2) is 0 Å². The first-order valence-electron chi connectivity index (χ1n) is 8.26. The van der Waals surface area contributed by atoms with E-state index in [1.807, 2.05) is 6.07 Å². The Bertz CT molecular complexity index is 1170. The second-order valence-corrected chi connectivity index (χ2v) is 6.22. The van der Waals surface area contributed by atoms with E-state index in [0.29, 0.717) is 0 Å². The van der Waals surface area contributed by atoms with E-state index < -0.39 is 0 Å². The molecule has 1 aromatic heterocycles. The van der Waals surface area contributed by atoms with Crippen LogP contribution in [0.3, 0.4) is 0 Å². The lowest BCUT2D eigenvalue weighted by Crippen LogP contribution is -1.89. The number of hydrogen-bond acceptors (Lipinski definition) is 1. The molecule has 0 saturated carbocycles. The van der Waals surface area contributed by atoms with E-state index in [0.717, 1.165) is 17.6 Å². The van der Waals surface area contributed by atoms with Crippen molar-refractivity contribution >= 4 is 32.7 Å². The lowest BCUT2D eigenvalue weighted by atomic mass is 9.97. The van der Waals surface area contributed by atoms with Gasteiger partial charge < -0.3 is 4.42 Å². The molecule has 0 saturated heterocycles.